The molecular formula is C18H23NO3S. The molecule has 0 aliphatic heterocycles. The quantitative estimate of drug-likeness (QED) is 0.745. The normalized spacial score (nSPS) is 11.6. The van der Waals surface area contributed by atoms with E-state index in [4.69, 9.17) is 4.74 Å². The van der Waals surface area contributed by atoms with Crippen molar-refractivity contribution in [2.45, 2.75) is 11.8 Å². The zero-order chi connectivity index (χ0) is 16.7. The summed E-state index contributed by atoms with van der Waals surface area (Å²) in [5, 5.41) is 0. The summed E-state index contributed by atoms with van der Waals surface area (Å²) < 4.78 is 30.1. The highest BCUT2D eigenvalue weighted by Gasteiger charge is 2.14. The predicted octanol–water partition coefficient (Wildman–Crippen LogP) is 2.78. The Bertz CT molecular complexity index is 697. The first-order valence-corrected chi connectivity index (χ1v) is 9.28. The standard InChI is InChI=1S/C18H23NO3S/c1-16-8-10-17(11-9-16)22-14-12-19(2)13-15-23(20,21)18-6-4-3-5-7-18/h3-11H,12-15H2,1-2H3. The molecular weight excluding hydrogens is 310 g/mol. The summed E-state index contributed by atoms with van der Waals surface area (Å²) in [7, 11) is -1.32. The molecule has 0 radical (unpaired) electrons. The van der Waals surface area contributed by atoms with Gasteiger partial charge < -0.3 is 9.64 Å². The molecule has 0 saturated carbocycles. The number of nitrogens with zero attached hydrogens (tertiary/aromatic N) is 1. The second kappa shape index (κ2) is 8.13. The van der Waals surface area contributed by atoms with E-state index in [1.807, 2.05) is 49.2 Å². The van der Waals surface area contributed by atoms with Crippen molar-refractivity contribution < 1.29 is 13.2 Å². The Kier molecular flexibility index (Phi) is 6.19. The molecule has 2 aromatic rings. The van der Waals surface area contributed by atoms with E-state index in [-0.39, 0.29) is 5.75 Å². The van der Waals surface area contributed by atoms with Gasteiger partial charge in [0, 0.05) is 13.1 Å². The maximum absolute atomic E-state index is 12.2. The average Bonchev–Trinajstić information content (AvgIpc) is 2.56. The van der Waals surface area contributed by atoms with Gasteiger partial charge >= 0.3 is 0 Å². The average molecular weight is 333 g/mol. The van der Waals surface area contributed by atoms with Gasteiger partial charge in [0.25, 0.3) is 0 Å². The minimum Gasteiger partial charge on any atom is -0.492 e. The maximum atomic E-state index is 12.2. The molecule has 0 aliphatic carbocycles. The van der Waals surface area contributed by atoms with Gasteiger partial charge in [0.2, 0.25) is 0 Å². The van der Waals surface area contributed by atoms with E-state index >= 15 is 0 Å². The fourth-order valence-corrected chi connectivity index (χ4v) is 3.45. The van der Waals surface area contributed by atoms with Gasteiger partial charge in [-0.3, -0.25) is 0 Å². The van der Waals surface area contributed by atoms with Crippen LogP contribution >= 0.6 is 0 Å². The lowest BCUT2D eigenvalue weighted by Crippen LogP contribution is -2.29. The van der Waals surface area contributed by atoms with Gasteiger partial charge in [-0.1, -0.05) is 35.9 Å². The zero-order valence-corrected chi connectivity index (χ0v) is 14.4. The van der Waals surface area contributed by atoms with Crippen molar-refractivity contribution in [2.24, 2.45) is 0 Å². The minimum atomic E-state index is -3.22. The second-order valence-corrected chi connectivity index (χ2v) is 7.71. The Hall–Kier alpha value is -1.85. The van der Waals surface area contributed by atoms with Gasteiger partial charge in [-0.2, -0.15) is 0 Å². The predicted molar refractivity (Wildman–Crippen MR) is 92.7 cm³/mol. The fourth-order valence-electron chi connectivity index (χ4n) is 2.09. The van der Waals surface area contributed by atoms with Crippen LogP contribution in [-0.4, -0.2) is 45.8 Å². The van der Waals surface area contributed by atoms with Crippen LogP contribution in [0.4, 0.5) is 0 Å². The van der Waals surface area contributed by atoms with Crippen molar-refractivity contribution in [3.63, 3.8) is 0 Å². The monoisotopic (exact) mass is 333 g/mol. The number of benzene rings is 2. The highest BCUT2D eigenvalue weighted by atomic mass is 32.2. The smallest absolute Gasteiger partial charge is 0.179 e. The first kappa shape index (κ1) is 17.5. The molecule has 4 nitrogen and oxygen atoms in total. The van der Waals surface area contributed by atoms with E-state index in [9.17, 15) is 8.42 Å². The van der Waals surface area contributed by atoms with E-state index in [0.717, 1.165) is 5.75 Å². The third-order valence-electron chi connectivity index (χ3n) is 3.61. The number of likely N-dealkylation sites (N-methyl/N-ethyl adjacent to an activating group) is 1. The van der Waals surface area contributed by atoms with Crippen molar-refractivity contribution >= 4 is 9.84 Å². The van der Waals surface area contributed by atoms with Crippen molar-refractivity contribution in [3.8, 4) is 5.75 Å². The zero-order valence-electron chi connectivity index (χ0n) is 13.6. The summed E-state index contributed by atoms with van der Waals surface area (Å²) in [6, 6.07) is 16.5. The molecule has 0 amide bonds. The number of sulfone groups is 1. The van der Waals surface area contributed by atoms with Gasteiger partial charge in [-0.15, -0.1) is 0 Å². The Labute approximate surface area is 138 Å². The minimum absolute atomic E-state index is 0.109. The summed E-state index contributed by atoms with van der Waals surface area (Å²) in [6.45, 7) is 3.72. The van der Waals surface area contributed by atoms with Crippen LogP contribution in [0.3, 0.4) is 0 Å². The number of rotatable bonds is 8. The van der Waals surface area contributed by atoms with Crippen LogP contribution in [-0.2, 0) is 9.84 Å². The number of ether oxygens (including phenoxy) is 1. The number of aryl methyl sites for hydroxylation is 1. The van der Waals surface area contributed by atoms with Gasteiger partial charge in [-0.25, -0.2) is 8.42 Å². The molecule has 0 aromatic heterocycles. The molecule has 2 aromatic carbocycles. The van der Waals surface area contributed by atoms with Crippen molar-refractivity contribution in [3.05, 3.63) is 60.2 Å². The summed E-state index contributed by atoms with van der Waals surface area (Å²) in [5.74, 6) is 0.943. The van der Waals surface area contributed by atoms with Crippen LogP contribution in [0.5, 0.6) is 5.75 Å². The third kappa shape index (κ3) is 5.69. The lowest BCUT2D eigenvalue weighted by molar-refractivity contribution is 0.244. The highest BCUT2D eigenvalue weighted by Crippen LogP contribution is 2.12. The largest absolute Gasteiger partial charge is 0.492 e. The van der Waals surface area contributed by atoms with Crippen molar-refractivity contribution in [1.29, 1.82) is 0 Å². The SMILES string of the molecule is Cc1ccc(OCCN(C)CCS(=O)(=O)c2ccccc2)cc1. The highest BCUT2D eigenvalue weighted by molar-refractivity contribution is 7.91. The van der Waals surface area contributed by atoms with Crippen LogP contribution in [0.1, 0.15) is 5.56 Å². The summed E-state index contributed by atoms with van der Waals surface area (Å²) in [4.78, 5) is 2.35. The van der Waals surface area contributed by atoms with Crippen molar-refractivity contribution in [2.75, 3.05) is 32.5 Å². The summed E-state index contributed by atoms with van der Waals surface area (Å²) >= 11 is 0. The number of hydrogen-bond donors (Lipinski definition) is 0. The van der Waals surface area contributed by atoms with Crippen LogP contribution in [0, 0.1) is 6.92 Å². The molecule has 0 atom stereocenters. The Morgan fingerprint density at radius 2 is 1.61 bits per heavy atom. The lowest BCUT2D eigenvalue weighted by atomic mass is 10.2. The molecule has 0 aliphatic rings. The molecule has 0 bridgehead atoms. The van der Waals surface area contributed by atoms with Gasteiger partial charge in [-0.05, 0) is 38.2 Å². The van der Waals surface area contributed by atoms with E-state index in [1.165, 1.54) is 5.56 Å². The molecule has 124 valence electrons. The second-order valence-electron chi connectivity index (χ2n) is 5.60. The van der Waals surface area contributed by atoms with E-state index in [2.05, 4.69) is 0 Å². The third-order valence-corrected chi connectivity index (χ3v) is 5.32. The van der Waals surface area contributed by atoms with E-state index in [1.54, 1.807) is 24.3 Å². The van der Waals surface area contributed by atoms with Gasteiger partial charge in [0.05, 0.1) is 10.6 Å². The van der Waals surface area contributed by atoms with E-state index in [0.29, 0.717) is 24.6 Å². The maximum Gasteiger partial charge on any atom is 0.179 e. The fraction of sp³-hybridized carbons (Fsp3) is 0.333. The van der Waals surface area contributed by atoms with Crippen molar-refractivity contribution in [1.82, 2.24) is 4.90 Å². The molecule has 0 heterocycles. The molecule has 0 N–H and O–H groups in total. The first-order valence-electron chi connectivity index (χ1n) is 7.63. The van der Waals surface area contributed by atoms with E-state index < -0.39 is 9.84 Å². The topological polar surface area (TPSA) is 46.6 Å². The molecule has 2 rings (SSSR count). The Morgan fingerprint density at radius 3 is 2.26 bits per heavy atom. The van der Waals surface area contributed by atoms with Crippen LogP contribution in [0.25, 0.3) is 0 Å². The number of hydrogen-bond acceptors (Lipinski definition) is 4. The van der Waals surface area contributed by atoms with Crippen LogP contribution < -0.4 is 4.74 Å². The Balaban J connectivity index is 1.74. The molecule has 0 spiro atoms. The summed E-state index contributed by atoms with van der Waals surface area (Å²) in [6.07, 6.45) is 0. The van der Waals surface area contributed by atoms with Crippen LogP contribution in [0.2, 0.25) is 0 Å². The molecule has 23 heavy (non-hydrogen) atoms. The molecule has 0 saturated heterocycles. The Morgan fingerprint density at radius 1 is 0.957 bits per heavy atom. The van der Waals surface area contributed by atoms with Gasteiger partial charge in [0.15, 0.2) is 9.84 Å². The van der Waals surface area contributed by atoms with Gasteiger partial charge in [0.1, 0.15) is 12.4 Å². The molecule has 0 unspecified atom stereocenters. The summed E-state index contributed by atoms with van der Waals surface area (Å²) in [5.41, 5.74) is 1.19. The molecule has 5 heteroatoms. The van der Waals surface area contributed by atoms with Crippen LogP contribution in [0.15, 0.2) is 59.5 Å². The lowest BCUT2D eigenvalue weighted by Gasteiger charge is -2.17. The first-order chi connectivity index (χ1) is 11.0. The molecule has 0 fully saturated rings.